The van der Waals surface area contributed by atoms with Gasteiger partial charge < -0.3 is 10.2 Å². The summed E-state index contributed by atoms with van der Waals surface area (Å²) in [5, 5.41) is 2.89. The summed E-state index contributed by atoms with van der Waals surface area (Å²) >= 11 is 5.61. The highest BCUT2D eigenvalue weighted by atomic mass is 127. The number of piperazine rings is 1. The summed E-state index contributed by atoms with van der Waals surface area (Å²) in [6.07, 6.45) is 0.944. The summed E-state index contributed by atoms with van der Waals surface area (Å²) in [5.41, 5.74) is 0.731. The van der Waals surface area contributed by atoms with Crippen molar-refractivity contribution in [1.82, 2.24) is 15.1 Å². The summed E-state index contributed by atoms with van der Waals surface area (Å²) in [7, 11) is 0. The quantitative estimate of drug-likeness (QED) is 0.640. The summed E-state index contributed by atoms with van der Waals surface area (Å²) in [5.74, 6) is 0.124. The second kappa shape index (κ2) is 8.98. The molecule has 0 radical (unpaired) electrons. The molecule has 1 aliphatic rings. The van der Waals surface area contributed by atoms with Gasteiger partial charge in [0.25, 0.3) is 5.91 Å². The highest BCUT2D eigenvalue weighted by Crippen LogP contribution is 2.20. The van der Waals surface area contributed by atoms with E-state index >= 15 is 0 Å². The Morgan fingerprint density at radius 3 is 2.61 bits per heavy atom. The fourth-order valence-corrected chi connectivity index (χ4v) is 3.39. The molecule has 1 heterocycles. The maximum absolute atomic E-state index is 12.6. The molecule has 1 fully saturated rings. The molecule has 1 saturated heterocycles. The van der Waals surface area contributed by atoms with Crippen LogP contribution in [0, 0.1) is 3.57 Å². The van der Waals surface area contributed by atoms with E-state index in [1.807, 2.05) is 30.0 Å². The molecule has 1 aromatic rings. The monoisotopic (exact) mass is 493 g/mol. The molecule has 23 heavy (non-hydrogen) atoms. The predicted molar refractivity (Wildman–Crippen MR) is 103 cm³/mol. The standard InChI is InChI=1S/C16H21BrIN3O2/c1-2-5-19-15(22)11-20-6-8-21(9-7-20)16(23)13-10-12(17)3-4-14(13)18/h3-4,10H,2,5-9,11H2,1H3,(H,19,22). The first-order valence-electron chi connectivity index (χ1n) is 7.74. The average Bonchev–Trinajstić information content (AvgIpc) is 2.55. The number of hydrogen-bond donors (Lipinski definition) is 1. The number of carbonyl (C=O) groups is 2. The van der Waals surface area contributed by atoms with Gasteiger partial charge in [-0.15, -0.1) is 0 Å². The molecule has 0 aromatic heterocycles. The van der Waals surface area contributed by atoms with Gasteiger partial charge in [-0.25, -0.2) is 0 Å². The SMILES string of the molecule is CCCNC(=O)CN1CCN(C(=O)c2cc(Br)ccc2I)CC1. The molecule has 0 aliphatic carbocycles. The third kappa shape index (κ3) is 5.42. The van der Waals surface area contributed by atoms with Gasteiger partial charge in [-0.05, 0) is 47.2 Å². The van der Waals surface area contributed by atoms with Gasteiger partial charge in [-0.2, -0.15) is 0 Å². The first-order valence-corrected chi connectivity index (χ1v) is 9.61. The van der Waals surface area contributed by atoms with Crippen LogP contribution >= 0.6 is 38.5 Å². The first kappa shape index (κ1) is 18.7. The van der Waals surface area contributed by atoms with Gasteiger partial charge in [0.15, 0.2) is 0 Å². The highest BCUT2D eigenvalue weighted by molar-refractivity contribution is 14.1. The van der Waals surface area contributed by atoms with Crippen molar-refractivity contribution in [3.05, 3.63) is 31.8 Å². The summed E-state index contributed by atoms with van der Waals surface area (Å²) in [6.45, 7) is 5.94. The number of halogens is 2. The van der Waals surface area contributed by atoms with Crippen LogP contribution < -0.4 is 5.32 Å². The van der Waals surface area contributed by atoms with E-state index in [0.717, 1.165) is 39.7 Å². The Labute approximate surface area is 159 Å². The molecule has 126 valence electrons. The molecule has 1 aliphatic heterocycles. The normalized spacial score (nSPS) is 15.5. The Balaban J connectivity index is 1.87. The third-order valence-electron chi connectivity index (χ3n) is 3.76. The second-order valence-corrected chi connectivity index (χ2v) is 7.62. The molecule has 2 amide bonds. The smallest absolute Gasteiger partial charge is 0.255 e. The molecule has 7 heteroatoms. The van der Waals surface area contributed by atoms with E-state index in [0.29, 0.717) is 19.6 Å². The van der Waals surface area contributed by atoms with E-state index in [-0.39, 0.29) is 11.8 Å². The minimum Gasteiger partial charge on any atom is -0.355 e. The van der Waals surface area contributed by atoms with E-state index in [2.05, 4.69) is 48.7 Å². The lowest BCUT2D eigenvalue weighted by molar-refractivity contribution is -0.122. The molecule has 0 atom stereocenters. The fraction of sp³-hybridized carbons (Fsp3) is 0.500. The zero-order chi connectivity index (χ0) is 16.8. The summed E-state index contributed by atoms with van der Waals surface area (Å²) in [6, 6.07) is 5.74. The Kier molecular flexibility index (Phi) is 7.29. The topological polar surface area (TPSA) is 52.7 Å². The minimum absolute atomic E-state index is 0.0609. The van der Waals surface area contributed by atoms with Gasteiger partial charge in [0.05, 0.1) is 12.1 Å². The molecule has 0 spiro atoms. The lowest BCUT2D eigenvalue weighted by Crippen LogP contribution is -2.51. The molecule has 1 aromatic carbocycles. The van der Waals surface area contributed by atoms with Crippen LogP contribution in [0.3, 0.4) is 0 Å². The van der Waals surface area contributed by atoms with Crippen LogP contribution in [0.4, 0.5) is 0 Å². The van der Waals surface area contributed by atoms with Crippen LogP contribution in [-0.2, 0) is 4.79 Å². The van der Waals surface area contributed by atoms with Crippen LogP contribution in [0.5, 0.6) is 0 Å². The lowest BCUT2D eigenvalue weighted by Gasteiger charge is -2.34. The third-order valence-corrected chi connectivity index (χ3v) is 5.19. The van der Waals surface area contributed by atoms with Crippen LogP contribution in [0.25, 0.3) is 0 Å². The van der Waals surface area contributed by atoms with E-state index in [4.69, 9.17) is 0 Å². The van der Waals surface area contributed by atoms with E-state index in [9.17, 15) is 9.59 Å². The van der Waals surface area contributed by atoms with E-state index in [1.165, 1.54) is 0 Å². The van der Waals surface area contributed by atoms with Crippen LogP contribution in [-0.4, -0.2) is 60.9 Å². The molecule has 0 unspecified atom stereocenters. The van der Waals surface area contributed by atoms with Gasteiger partial charge in [0.1, 0.15) is 0 Å². The Bertz CT molecular complexity index is 574. The van der Waals surface area contributed by atoms with Gasteiger partial charge in [-0.3, -0.25) is 14.5 Å². The Morgan fingerprint density at radius 1 is 1.26 bits per heavy atom. The van der Waals surface area contributed by atoms with Crippen molar-refractivity contribution in [3.63, 3.8) is 0 Å². The number of hydrogen-bond acceptors (Lipinski definition) is 3. The molecule has 2 rings (SSSR count). The number of amides is 2. The number of nitrogens with one attached hydrogen (secondary N) is 1. The van der Waals surface area contributed by atoms with Crippen molar-refractivity contribution in [2.75, 3.05) is 39.3 Å². The van der Waals surface area contributed by atoms with Gasteiger partial charge in [0, 0.05) is 40.8 Å². The Hall–Kier alpha value is -0.670. The molecule has 1 N–H and O–H groups in total. The highest BCUT2D eigenvalue weighted by Gasteiger charge is 2.24. The zero-order valence-electron chi connectivity index (χ0n) is 13.1. The number of benzene rings is 1. The second-order valence-electron chi connectivity index (χ2n) is 5.54. The maximum Gasteiger partial charge on any atom is 0.255 e. The molecule has 0 bridgehead atoms. The van der Waals surface area contributed by atoms with Crippen molar-refractivity contribution < 1.29 is 9.59 Å². The van der Waals surface area contributed by atoms with Gasteiger partial charge >= 0.3 is 0 Å². The molecule has 5 nitrogen and oxygen atoms in total. The van der Waals surface area contributed by atoms with E-state index < -0.39 is 0 Å². The maximum atomic E-state index is 12.6. The predicted octanol–water partition coefficient (Wildman–Crippen LogP) is 2.34. The molecular weight excluding hydrogens is 473 g/mol. The number of rotatable bonds is 5. The average molecular weight is 494 g/mol. The number of nitrogens with zero attached hydrogens (tertiary/aromatic N) is 2. The van der Waals surface area contributed by atoms with Gasteiger partial charge in [0.2, 0.25) is 5.91 Å². The summed E-state index contributed by atoms with van der Waals surface area (Å²) in [4.78, 5) is 28.4. The fourth-order valence-electron chi connectivity index (χ4n) is 2.46. The molecular formula is C16H21BrIN3O2. The summed E-state index contributed by atoms with van der Waals surface area (Å²) < 4.78 is 1.87. The van der Waals surface area contributed by atoms with Crippen LogP contribution in [0.2, 0.25) is 0 Å². The van der Waals surface area contributed by atoms with Crippen LogP contribution in [0.1, 0.15) is 23.7 Å². The number of carbonyl (C=O) groups excluding carboxylic acids is 2. The van der Waals surface area contributed by atoms with Crippen LogP contribution in [0.15, 0.2) is 22.7 Å². The molecule has 0 saturated carbocycles. The lowest BCUT2D eigenvalue weighted by atomic mass is 10.2. The zero-order valence-corrected chi connectivity index (χ0v) is 16.9. The first-order chi connectivity index (χ1) is 11.0. The van der Waals surface area contributed by atoms with Crippen molar-refractivity contribution >= 4 is 50.3 Å². The Morgan fingerprint density at radius 2 is 1.96 bits per heavy atom. The van der Waals surface area contributed by atoms with Crippen molar-refractivity contribution in [3.8, 4) is 0 Å². The van der Waals surface area contributed by atoms with Crippen molar-refractivity contribution in [2.45, 2.75) is 13.3 Å². The van der Waals surface area contributed by atoms with Crippen molar-refractivity contribution in [2.24, 2.45) is 0 Å². The van der Waals surface area contributed by atoms with Crippen molar-refractivity contribution in [1.29, 1.82) is 0 Å². The minimum atomic E-state index is 0.0609. The van der Waals surface area contributed by atoms with Gasteiger partial charge in [-0.1, -0.05) is 22.9 Å². The van der Waals surface area contributed by atoms with E-state index in [1.54, 1.807) is 0 Å². The largest absolute Gasteiger partial charge is 0.355 e.